The molecule has 1 unspecified atom stereocenters. The minimum absolute atomic E-state index is 0.450. The number of amidine groups is 1. The van der Waals surface area contributed by atoms with Crippen LogP contribution in [0.15, 0.2) is 40.3 Å². The van der Waals surface area contributed by atoms with E-state index in [0.717, 1.165) is 43.2 Å². The lowest BCUT2D eigenvalue weighted by atomic mass is 9.99. The van der Waals surface area contributed by atoms with Crippen LogP contribution in [0.3, 0.4) is 0 Å². The summed E-state index contributed by atoms with van der Waals surface area (Å²) in [7, 11) is 0. The SMILES string of the molecule is CCCCCCCCCCCCCCCCCCOCC1=NC(c2ccccc2)=NC1(C)COCCCCCCCCCCCCCCCCCC. The van der Waals surface area contributed by atoms with Crippen LogP contribution in [-0.2, 0) is 9.47 Å². The van der Waals surface area contributed by atoms with E-state index in [0.29, 0.717) is 13.2 Å². The molecule has 0 bridgehead atoms. The Hall–Kier alpha value is -1.52. The third-order valence-corrected chi connectivity index (χ3v) is 11.2. The Balaban J connectivity index is 1.49. The largest absolute Gasteiger partial charge is 0.379 e. The predicted molar refractivity (Wildman–Crippen MR) is 230 cm³/mol. The first-order chi connectivity index (χ1) is 25.7. The van der Waals surface area contributed by atoms with Crippen LogP contribution < -0.4 is 0 Å². The summed E-state index contributed by atoms with van der Waals surface area (Å²) in [6.45, 7) is 9.49. The van der Waals surface area contributed by atoms with Gasteiger partial charge in [0.05, 0.1) is 18.9 Å². The lowest BCUT2D eigenvalue weighted by Gasteiger charge is -2.23. The van der Waals surface area contributed by atoms with E-state index in [1.807, 2.05) is 6.07 Å². The van der Waals surface area contributed by atoms with Crippen molar-refractivity contribution in [3.05, 3.63) is 35.9 Å². The van der Waals surface area contributed by atoms with Crippen molar-refractivity contribution < 1.29 is 9.47 Å². The van der Waals surface area contributed by atoms with Gasteiger partial charge in [-0.25, -0.2) is 4.99 Å². The summed E-state index contributed by atoms with van der Waals surface area (Å²) in [6, 6.07) is 10.4. The van der Waals surface area contributed by atoms with Crippen molar-refractivity contribution in [3.8, 4) is 0 Å². The molecule has 1 aliphatic heterocycles. The Morgan fingerprint density at radius 2 is 0.788 bits per heavy atom. The maximum absolute atomic E-state index is 6.25. The first-order valence-electron chi connectivity index (χ1n) is 23.1. The van der Waals surface area contributed by atoms with E-state index < -0.39 is 5.54 Å². The highest BCUT2D eigenvalue weighted by Gasteiger charge is 2.36. The maximum atomic E-state index is 6.25. The van der Waals surface area contributed by atoms with Crippen molar-refractivity contribution in [1.82, 2.24) is 0 Å². The lowest BCUT2D eigenvalue weighted by Crippen LogP contribution is -2.39. The summed E-state index contributed by atoms with van der Waals surface area (Å²) in [6.07, 6.45) is 44.4. The van der Waals surface area contributed by atoms with Crippen molar-refractivity contribution in [2.45, 2.75) is 232 Å². The molecule has 0 fully saturated rings. The molecule has 0 radical (unpaired) electrons. The van der Waals surface area contributed by atoms with E-state index in [9.17, 15) is 0 Å². The molecule has 300 valence electrons. The number of hydrogen-bond acceptors (Lipinski definition) is 4. The zero-order chi connectivity index (χ0) is 37.1. The van der Waals surface area contributed by atoms with E-state index in [1.165, 1.54) is 193 Å². The van der Waals surface area contributed by atoms with Crippen LogP contribution in [0.5, 0.6) is 0 Å². The lowest BCUT2D eigenvalue weighted by molar-refractivity contribution is 0.104. The average molecular weight is 723 g/mol. The topological polar surface area (TPSA) is 43.2 Å². The standard InChI is InChI=1S/C48H86N2O2/c1-4-6-8-10-12-14-16-18-20-22-24-26-28-30-32-37-41-51-43-46-48(3,50-47(49-46)45-39-35-34-36-40-45)44-52-42-38-33-31-29-27-25-23-21-19-17-15-13-11-9-7-5-2/h34-36,39-40H,4-33,37-38,41-44H2,1-3H3. The summed E-state index contributed by atoms with van der Waals surface area (Å²) in [5, 5.41) is 0. The molecule has 0 amide bonds. The Bertz CT molecular complexity index is 976. The molecule has 4 nitrogen and oxygen atoms in total. The van der Waals surface area contributed by atoms with Crippen LogP contribution in [0.2, 0.25) is 0 Å². The molecule has 1 aliphatic rings. The fraction of sp³-hybridized carbons (Fsp3) is 0.833. The Kier molecular flexibility index (Phi) is 30.5. The van der Waals surface area contributed by atoms with Gasteiger partial charge in [-0.1, -0.05) is 237 Å². The molecule has 52 heavy (non-hydrogen) atoms. The van der Waals surface area contributed by atoms with Gasteiger partial charge < -0.3 is 9.47 Å². The Morgan fingerprint density at radius 1 is 0.442 bits per heavy atom. The van der Waals surface area contributed by atoms with Crippen molar-refractivity contribution in [2.24, 2.45) is 9.98 Å². The molecule has 4 heteroatoms. The zero-order valence-corrected chi connectivity index (χ0v) is 35.1. The van der Waals surface area contributed by atoms with E-state index in [-0.39, 0.29) is 0 Å². The van der Waals surface area contributed by atoms with Gasteiger partial charge in [0.2, 0.25) is 0 Å². The fourth-order valence-electron chi connectivity index (χ4n) is 7.54. The second kappa shape index (κ2) is 34.0. The fourth-order valence-corrected chi connectivity index (χ4v) is 7.54. The summed E-state index contributed by atoms with van der Waals surface area (Å²) < 4.78 is 12.4. The van der Waals surface area contributed by atoms with Gasteiger partial charge >= 0.3 is 0 Å². The Labute approximate surface area is 324 Å². The van der Waals surface area contributed by atoms with Crippen molar-refractivity contribution in [1.29, 1.82) is 0 Å². The molecular formula is C48H86N2O2. The van der Waals surface area contributed by atoms with Crippen molar-refractivity contribution in [2.75, 3.05) is 26.4 Å². The molecule has 1 heterocycles. The molecule has 0 N–H and O–H groups in total. The van der Waals surface area contributed by atoms with E-state index in [4.69, 9.17) is 19.5 Å². The zero-order valence-electron chi connectivity index (χ0n) is 35.1. The maximum Gasteiger partial charge on any atom is 0.155 e. The molecule has 1 atom stereocenters. The first-order valence-corrected chi connectivity index (χ1v) is 23.1. The van der Waals surface area contributed by atoms with Crippen LogP contribution >= 0.6 is 0 Å². The smallest absolute Gasteiger partial charge is 0.155 e. The van der Waals surface area contributed by atoms with Crippen LogP contribution in [0.1, 0.15) is 232 Å². The number of unbranched alkanes of at least 4 members (excludes halogenated alkanes) is 30. The highest BCUT2D eigenvalue weighted by Crippen LogP contribution is 2.24. The van der Waals surface area contributed by atoms with E-state index in [2.05, 4.69) is 45.0 Å². The van der Waals surface area contributed by atoms with E-state index >= 15 is 0 Å². The van der Waals surface area contributed by atoms with Crippen LogP contribution in [0.4, 0.5) is 0 Å². The van der Waals surface area contributed by atoms with Gasteiger partial charge in [0.1, 0.15) is 5.54 Å². The van der Waals surface area contributed by atoms with Crippen LogP contribution in [-0.4, -0.2) is 43.5 Å². The summed E-state index contributed by atoms with van der Waals surface area (Å²) >= 11 is 0. The predicted octanol–water partition coefficient (Wildman–Crippen LogP) is 15.2. The second-order valence-electron chi connectivity index (χ2n) is 16.3. The third-order valence-electron chi connectivity index (χ3n) is 11.2. The van der Waals surface area contributed by atoms with Gasteiger partial charge in [-0.05, 0) is 19.8 Å². The van der Waals surface area contributed by atoms with Gasteiger partial charge in [-0.15, -0.1) is 0 Å². The summed E-state index contributed by atoms with van der Waals surface area (Å²) in [4.78, 5) is 10.1. The molecule has 0 saturated heterocycles. The number of aliphatic imine (C=N–C) groups is 2. The third kappa shape index (κ3) is 24.7. The van der Waals surface area contributed by atoms with Gasteiger partial charge in [0.25, 0.3) is 0 Å². The Morgan fingerprint density at radius 3 is 1.17 bits per heavy atom. The molecule has 2 rings (SSSR count). The van der Waals surface area contributed by atoms with Gasteiger partial charge in [-0.3, -0.25) is 4.99 Å². The molecule has 0 aliphatic carbocycles. The number of hydrogen-bond donors (Lipinski definition) is 0. The quantitative estimate of drug-likeness (QED) is 0.0635. The van der Waals surface area contributed by atoms with Gasteiger partial charge in [-0.2, -0.15) is 0 Å². The van der Waals surface area contributed by atoms with Crippen LogP contribution in [0.25, 0.3) is 0 Å². The number of nitrogens with zero attached hydrogens (tertiary/aromatic N) is 2. The normalized spacial score (nSPS) is 15.8. The highest BCUT2D eigenvalue weighted by atomic mass is 16.5. The molecular weight excluding hydrogens is 637 g/mol. The molecule has 1 aromatic rings. The van der Waals surface area contributed by atoms with E-state index in [1.54, 1.807) is 0 Å². The summed E-state index contributed by atoms with van der Waals surface area (Å²) in [5.41, 5.74) is 1.63. The highest BCUT2D eigenvalue weighted by molar-refractivity contribution is 6.15. The van der Waals surface area contributed by atoms with Gasteiger partial charge in [0.15, 0.2) is 5.84 Å². The van der Waals surface area contributed by atoms with Crippen molar-refractivity contribution in [3.63, 3.8) is 0 Å². The monoisotopic (exact) mass is 723 g/mol. The number of ether oxygens (including phenoxy) is 2. The number of benzene rings is 1. The second-order valence-corrected chi connectivity index (χ2v) is 16.3. The minimum Gasteiger partial charge on any atom is -0.379 e. The first kappa shape index (κ1) is 46.6. The molecule has 0 saturated carbocycles. The average Bonchev–Trinajstić information content (AvgIpc) is 3.49. The molecule has 0 spiro atoms. The minimum atomic E-state index is -0.450. The molecule has 1 aromatic carbocycles. The van der Waals surface area contributed by atoms with Gasteiger partial charge in [0, 0.05) is 18.8 Å². The number of rotatable bonds is 39. The van der Waals surface area contributed by atoms with Crippen molar-refractivity contribution >= 4 is 11.5 Å². The summed E-state index contributed by atoms with van der Waals surface area (Å²) in [5.74, 6) is 0.815. The molecule has 0 aromatic heterocycles. The van der Waals surface area contributed by atoms with Crippen LogP contribution in [0, 0.1) is 0 Å².